The number of carbonyl (C=O) groups is 1. The van der Waals surface area contributed by atoms with Crippen molar-refractivity contribution in [3.05, 3.63) is 69.8 Å². The zero-order valence-electron chi connectivity index (χ0n) is 14.9. The highest BCUT2D eigenvalue weighted by atomic mass is 16.1. The van der Waals surface area contributed by atoms with Crippen molar-refractivity contribution in [3.63, 3.8) is 0 Å². The molecule has 2 heterocycles. The van der Waals surface area contributed by atoms with Crippen LogP contribution in [0.3, 0.4) is 0 Å². The Balaban J connectivity index is 1.66. The number of aromatic nitrogens is 2. The molecule has 1 unspecified atom stereocenters. The summed E-state index contributed by atoms with van der Waals surface area (Å²) in [5.74, 6) is -0.0555. The van der Waals surface area contributed by atoms with Gasteiger partial charge in [0.2, 0.25) is 5.56 Å². The Morgan fingerprint density at radius 2 is 2.12 bits per heavy atom. The van der Waals surface area contributed by atoms with Crippen molar-refractivity contribution in [2.75, 3.05) is 0 Å². The number of hydrogen-bond acceptors (Lipinski definition) is 2. The molecule has 0 radical (unpaired) electrons. The van der Waals surface area contributed by atoms with Gasteiger partial charge in [0.05, 0.1) is 11.6 Å². The quantitative estimate of drug-likeness (QED) is 0.756. The average Bonchev–Trinajstić information content (AvgIpc) is 3.01. The zero-order chi connectivity index (χ0) is 18.1. The highest BCUT2D eigenvalue weighted by Crippen LogP contribution is 2.29. The van der Waals surface area contributed by atoms with E-state index in [1.54, 1.807) is 0 Å². The van der Waals surface area contributed by atoms with Gasteiger partial charge in [-0.15, -0.1) is 0 Å². The number of carbonyl (C=O) groups excluding carboxylic acids is 1. The van der Waals surface area contributed by atoms with E-state index in [1.807, 2.05) is 30.5 Å². The predicted molar refractivity (Wildman–Crippen MR) is 102 cm³/mol. The molecule has 2 N–H and O–H groups in total. The topological polar surface area (TPSA) is 66.9 Å². The molecule has 5 heteroatoms. The lowest BCUT2D eigenvalue weighted by Crippen LogP contribution is -2.32. The maximum atomic E-state index is 13.0. The van der Waals surface area contributed by atoms with E-state index in [0.717, 1.165) is 54.4 Å². The van der Waals surface area contributed by atoms with Crippen LogP contribution in [0.25, 0.3) is 10.9 Å². The fraction of sp³-hybridized carbons (Fsp3) is 0.333. The number of amides is 1. The standard InChI is InChI=1S/C21H23N3O2/c1-2-12-24-13-16(14-6-3-4-9-19(14)24)21(26)23-18-8-5-7-17-15(18)10-11-20(25)22-17/h3-4,6,9-11,13,18H,2,5,7-8,12H2,1H3,(H,22,25)(H,23,26). The number of nitrogens with zero attached hydrogens (tertiary/aromatic N) is 1. The molecule has 1 atom stereocenters. The number of fused-ring (bicyclic) bond motifs is 2. The van der Waals surface area contributed by atoms with Crippen molar-refractivity contribution >= 4 is 16.8 Å². The van der Waals surface area contributed by atoms with E-state index >= 15 is 0 Å². The van der Waals surface area contributed by atoms with Crippen LogP contribution in [0.1, 0.15) is 53.8 Å². The maximum absolute atomic E-state index is 13.0. The van der Waals surface area contributed by atoms with Crippen molar-refractivity contribution in [2.24, 2.45) is 0 Å². The molecule has 1 amide bonds. The van der Waals surface area contributed by atoms with Gasteiger partial charge in [-0.25, -0.2) is 0 Å². The van der Waals surface area contributed by atoms with E-state index in [2.05, 4.69) is 27.9 Å². The van der Waals surface area contributed by atoms with Gasteiger partial charge in [0.25, 0.3) is 5.91 Å². The molecule has 0 spiro atoms. The molecule has 0 bridgehead atoms. The molecule has 1 aliphatic carbocycles. The Bertz CT molecular complexity index is 1020. The van der Waals surface area contributed by atoms with Crippen molar-refractivity contribution in [2.45, 2.75) is 45.2 Å². The Kier molecular flexibility index (Phi) is 4.37. The largest absolute Gasteiger partial charge is 0.347 e. The minimum atomic E-state index is -0.0848. The number of benzene rings is 1. The van der Waals surface area contributed by atoms with Gasteiger partial charge in [-0.3, -0.25) is 9.59 Å². The van der Waals surface area contributed by atoms with Gasteiger partial charge in [-0.1, -0.05) is 25.1 Å². The van der Waals surface area contributed by atoms with Gasteiger partial charge in [0, 0.05) is 35.4 Å². The molecule has 26 heavy (non-hydrogen) atoms. The molecule has 0 saturated heterocycles. The third kappa shape index (κ3) is 2.94. The van der Waals surface area contributed by atoms with E-state index in [-0.39, 0.29) is 17.5 Å². The molecule has 3 aromatic rings. The number of pyridine rings is 1. The van der Waals surface area contributed by atoms with Gasteiger partial charge < -0.3 is 14.9 Å². The number of para-hydroxylation sites is 1. The summed E-state index contributed by atoms with van der Waals surface area (Å²) in [5, 5.41) is 4.17. The Morgan fingerprint density at radius 1 is 1.27 bits per heavy atom. The lowest BCUT2D eigenvalue weighted by molar-refractivity contribution is 0.0934. The normalized spacial score (nSPS) is 16.4. The second-order valence-corrected chi connectivity index (χ2v) is 6.93. The van der Waals surface area contributed by atoms with Crippen LogP contribution in [0.4, 0.5) is 0 Å². The van der Waals surface area contributed by atoms with Crippen molar-refractivity contribution in [1.29, 1.82) is 0 Å². The van der Waals surface area contributed by atoms with Crippen LogP contribution in [0.15, 0.2) is 47.4 Å². The lowest BCUT2D eigenvalue weighted by Gasteiger charge is -2.25. The number of nitrogens with one attached hydrogen (secondary N) is 2. The van der Waals surface area contributed by atoms with Crippen LogP contribution >= 0.6 is 0 Å². The molecular weight excluding hydrogens is 326 g/mol. The fourth-order valence-corrected chi connectivity index (χ4v) is 3.94. The van der Waals surface area contributed by atoms with Crippen molar-refractivity contribution in [1.82, 2.24) is 14.9 Å². The third-order valence-electron chi connectivity index (χ3n) is 5.13. The number of hydrogen-bond donors (Lipinski definition) is 2. The SMILES string of the molecule is CCCn1cc(C(=O)NC2CCCc3[nH]c(=O)ccc32)c2ccccc21. The van der Waals surface area contributed by atoms with Gasteiger partial charge in [0.15, 0.2) is 0 Å². The van der Waals surface area contributed by atoms with Crippen LogP contribution in [0, 0.1) is 0 Å². The first kappa shape index (κ1) is 16.6. The number of H-pyrrole nitrogens is 1. The van der Waals surface area contributed by atoms with E-state index in [9.17, 15) is 9.59 Å². The van der Waals surface area contributed by atoms with Crippen LogP contribution in [-0.4, -0.2) is 15.5 Å². The summed E-state index contributed by atoms with van der Waals surface area (Å²) >= 11 is 0. The molecule has 5 nitrogen and oxygen atoms in total. The minimum Gasteiger partial charge on any atom is -0.347 e. The molecule has 2 aromatic heterocycles. The first-order chi connectivity index (χ1) is 12.7. The number of aryl methyl sites for hydroxylation is 2. The molecule has 0 aliphatic heterocycles. The molecular formula is C21H23N3O2. The van der Waals surface area contributed by atoms with Gasteiger partial charge in [0.1, 0.15) is 0 Å². The molecule has 1 aromatic carbocycles. The van der Waals surface area contributed by atoms with Crippen molar-refractivity contribution < 1.29 is 4.79 Å². The lowest BCUT2D eigenvalue weighted by atomic mass is 9.91. The van der Waals surface area contributed by atoms with E-state index in [0.29, 0.717) is 5.56 Å². The Morgan fingerprint density at radius 3 is 2.96 bits per heavy atom. The summed E-state index contributed by atoms with van der Waals surface area (Å²) in [5.41, 5.74) is 3.70. The second-order valence-electron chi connectivity index (χ2n) is 6.93. The average molecular weight is 349 g/mol. The maximum Gasteiger partial charge on any atom is 0.253 e. The molecule has 1 aliphatic rings. The summed E-state index contributed by atoms with van der Waals surface area (Å²) in [7, 11) is 0. The molecule has 0 fully saturated rings. The molecule has 0 saturated carbocycles. The van der Waals surface area contributed by atoms with Crippen molar-refractivity contribution in [3.8, 4) is 0 Å². The second kappa shape index (κ2) is 6.83. The monoisotopic (exact) mass is 349 g/mol. The smallest absolute Gasteiger partial charge is 0.253 e. The molecule has 4 rings (SSSR count). The third-order valence-corrected chi connectivity index (χ3v) is 5.13. The summed E-state index contributed by atoms with van der Waals surface area (Å²) in [6, 6.07) is 11.4. The van der Waals surface area contributed by atoms with Crippen LogP contribution in [0.2, 0.25) is 0 Å². The summed E-state index contributed by atoms with van der Waals surface area (Å²) in [6.45, 7) is 3.02. The summed E-state index contributed by atoms with van der Waals surface area (Å²) in [6.07, 6.45) is 5.67. The van der Waals surface area contributed by atoms with E-state index in [1.165, 1.54) is 6.07 Å². The first-order valence-corrected chi connectivity index (χ1v) is 9.28. The Hall–Kier alpha value is -2.82. The number of aromatic amines is 1. The van der Waals surface area contributed by atoms with Crippen LogP contribution in [-0.2, 0) is 13.0 Å². The molecule has 134 valence electrons. The highest BCUT2D eigenvalue weighted by Gasteiger charge is 2.24. The summed E-state index contributed by atoms with van der Waals surface area (Å²) in [4.78, 5) is 27.5. The van der Waals surface area contributed by atoms with Crippen LogP contribution < -0.4 is 10.9 Å². The fourth-order valence-electron chi connectivity index (χ4n) is 3.94. The first-order valence-electron chi connectivity index (χ1n) is 9.28. The van der Waals surface area contributed by atoms with Crippen LogP contribution in [0.5, 0.6) is 0 Å². The Labute approximate surface area is 152 Å². The van der Waals surface area contributed by atoms with Gasteiger partial charge in [-0.2, -0.15) is 0 Å². The summed E-state index contributed by atoms with van der Waals surface area (Å²) < 4.78 is 2.15. The van der Waals surface area contributed by atoms with E-state index < -0.39 is 0 Å². The zero-order valence-corrected chi connectivity index (χ0v) is 14.9. The predicted octanol–water partition coefficient (Wildman–Crippen LogP) is 3.55. The highest BCUT2D eigenvalue weighted by molar-refractivity contribution is 6.07. The van der Waals surface area contributed by atoms with E-state index in [4.69, 9.17) is 0 Å². The number of rotatable bonds is 4. The minimum absolute atomic E-state index is 0.0555. The van der Waals surface area contributed by atoms with Gasteiger partial charge in [-0.05, 0) is 43.4 Å². The van der Waals surface area contributed by atoms with Gasteiger partial charge >= 0.3 is 0 Å².